The van der Waals surface area contributed by atoms with E-state index < -0.39 is 29.8 Å². The first-order chi connectivity index (χ1) is 9.87. The molecular formula is C11H10FN5O4. The maximum Gasteiger partial charge on any atom is 0.280 e. The third-order valence-corrected chi connectivity index (χ3v) is 3.21. The first-order valence-electron chi connectivity index (χ1n) is 5.80. The van der Waals surface area contributed by atoms with E-state index in [1.54, 1.807) is 5.92 Å². The van der Waals surface area contributed by atoms with E-state index in [4.69, 9.17) is 16.9 Å². The molecule has 0 bridgehead atoms. The molecule has 21 heavy (non-hydrogen) atoms. The second-order valence-electron chi connectivity index (χ2n) is 4.51. The number of halogens is 1. The molecule has 0 aromatic carbocycles. The van der Waals surface area contributed by atoms with Gasteiger partial charge in [-0.25, -0.2) is 9.37 Å². The summed E-state index contributed by atoms with van der Waals surface area (Å²) in [5.74, 6) is -0.898. The summed E-state index contributed by atoms with van der Waals surface area (Å²) < 4.78 is 20.1. The average Bonchev–Trinajstić information content (AvgIpc) is 2.95. The summed E-state index contributed by atoms with van der Waals surface area (Å²) in [6, 6.07) is 0. The second kappa shape index (κ2) is 4.26. The molecule has 0 spiro atoms. The zero-order valence-corrected chi connectivity index (χ0v) is 10.4. The Morgan fingerprint density at radius 2 is 2.38 bits per heavy atom. The minimum absolute atomic E-state index is 0.0580. The highest BCUT2D eigenvalue weighted by molar-refractivity contribution is 5.70. The van der Waals surface area contributed by atoms with Crippen LogP contribution in [0, 0.1) is 12.3 Å². The Morgan fingerprint density at radius 1 is 1.67 bits per heavy atom. The number of imidazole rings is 1. The van der Waals surface area contributed by atoms with E-state index in [0.717, 1.165) is 10.9 Å². The number of aliphatic hydroxyl groups excluding tert-OH is 1. The molecule has 9 nitrogen and oxygen atoms in total. The van der Waals surface area contributed by atoms with Crippen LogP contribution in [0.4, 0.5) is 10.3 Å². The molecule has 1 saturated heterocycles. The predicted molar refractivity (Wildman–Crippen MR) is 67.4 cm³/mol. The van der Waals surface area contributed by atoms with Gasteiger partial charge in [-0.3, -0.25) is 14.3 Å². The zero-order chi connectivity index (χ0) is 15.4. The van der Waals surface area contributed by atoms with E-state index >= 15 is 0 Å². The number of aromatic nitrogens is 4. The van der Waals surface area contributed by atoms with Crippen molar-refractivity contribution in [3.05, 3.63) is 16.7 Å². The number of fused-ring (bicyclic) bond motifs is 1. The highest BCUT2D eigenvalue weighted by Crippen LogP contribution is 2.38. The normalized spacial score (nSPS) is 32.4. The van der Waals surface area contributed by atoms with Crippen LogP contribution in [0.1, 0.15) is 6.23 Å². The van der Waals surface area contributed by atoms with Gasteiger partial charge in [0.1, 0.15) is 0 Å². The Hall–Kier alpha value is -2.48. The van der Waals surface area contributed by atoms with Crippen LogP contribution >= 0.6 is 0 Å². The SMILES string of the molecule is C#C[C@]1(O)O[C@@H](n2cnc3c(=O)[nH]c(N)nc32)[C@H](F)[C@@H]1O. The Balaban J connectivity index is 2.15. The summed E-state index contributed by atoms with van der Waals surface area (Å²) in [6.45, 7) is 0. The molecule has 3 heterocycles. The molecule has 1 aliphatic heterocycles. The van der Waals surface area contributed by atoms with Gasteiger partial charge in [0.15, 0.2) is 29.7 Å². The number of aromatic amines is 1. The third kappa shape index (κ3) is 1.79. The quantitative estimate of drug-likeness (QED) is 0.457. The molecule has 2 aromatic rings. The molecular weight excluding hydrogens is 285 g/mol. The van der Waals surface area contributed by atoms with Gasteiger partial charge in [0.05, 0.1) is 6.33 Å². The number of aliphatic hydroxyl groups is 2. The van der Waals surface area contributed by atoms with Crippen LogP contribution in [0.5, 0.6) is 0 Å². The minimum Gasteiger partial charge on any atom is -0.383 e. The molecule has 3 rings (SSSR count). The minimum atomic E-state index is -2.48. The van der Waals surface area contributed by atoms with Crippen molar-refractivity contribution in [2.24, 2.45) is 0 Å². The highest BCUT2D eigenvalue weighted by atomic mass is 19.1. The van der Waals surface area contributed by atoms with Gasteiger partial charge >= 0.3 is 0 Å². The Labute approximate surface area is 116 Å². The molecule has 10 heteroatoms. The van der Waals surface area contributed by atoms with Crippen molar-refractivity contribution < 1.29 is 19.3 Å². The lowest BCUT2D eigenvalue weighted by atomic mass is 10.1. The summed E-state index contributed by atoms with van der Waals surface area (Å²) in [5, 5.41) is 19.4. The molecule has 0 unspecified atom stereocenters. The van der Waals surface area contributed by atoms with E-state index in [-0.39, 0.29) is 17.1 Å². The predicted octanol–water partition coefficient (Wildman–Crippen LogP) is -1.75. The van der Waals surface area contributed by atoms with E-state index in [0.29, 0.717) is 0 Å². The summed E-state index contributed by atoms with van der Waals surface area (Å²) in [5.41, 5.74) is 4.66. The molecule has 5 N–H and O–H groups in total. The molecule has 0 radical (unpaired) electrons. The number of alkyl halides is 1. The summed E-state index contributed by atoms with van der Waals surface area (Å²) in [4.78, 5) is 21.5. The van der Waals surface area contributed by atoms with Crippen LogP contribution in [-0.2, 0) is 4.74 Å². The standard InChI is InChI=1S/C11H10FN5O4/c1-2-11(20)6(18)4(12)9(21-11)17-3-14-5-7(17)15-10(13)16-8(5)19/h1,3-4,6,9,18,20H,(H3,13,15,16,19)/t4-,6+,9-,11+/m1/s1. The van der Waals surface area contributed by atoms with Crippen molar-refractivity contribution in [3.8, 4) is 12.3 Å². The van der Waals surface area contributed by atoms with Crippen LogP contribution in [0.2, 0.25) is 0 Å². The Morgan fingerprint density at radius 3 is 3.00 bits per heavy atom. The lowest BCUT2D eigenvalue weighted by Crippen LogP contribution is -2.40. The molecule has 1 aliphatic rings. The Bertz CT molecular complexity index is 811. The van der Waals surface area contributed by atoms with E-state index in [1.807, 2.05) is 0 Å². The smallest absolute Gasteiger partial charge is 0.280 e. The summed E-state index contributed by atoms with van der Waals surface area (Å²) in [7, 11) is 0. The number of ether oxygens (including phenoxy) is 1. The number of rotatable bonds is 1. The van der Waals surface area contributed by atoms with Crippen LogP contribution in [-0.4, -0.2) is 47.8 Å². The number of nitrogens with one attached hydrogen (secondary N) is 1. The first kappa shape index (κ1) is 13.5. The first-order valence-corrected chi connectivity index (χ1v) is 5.80. The maximum absolute atomic E-state index is 14.1. The van der Waals surface area contributed by atoms with Crippen LogP contribution in [0.15, 0.2) is 11.1 Å². The Kier molecular flexibility index (Phi) is 2.74. The number of anilines is 1. The topological polar surface area (TPSA) is 139 Å². The van der Waals surface area contributed by atoms with Gasteiger partial charge in [0.2, 0.25) is 5.95 Å². The summed E-state index contributed by atoms with van der Waals surface area (Å²) >= 11 is 0. The van der Waals surface area contributed by atoms with Crippen molar-refractivity contribution in [2.75, 3.05) is 5.73 Å². The van der Waals surface area contributed by atoms with E-state index in [9.17, 15) is 19.4 Å². The fourth-order valence-corrected chi connectivity index (χ4v) is 2.15. The molecule has 4 atom stereocenters. The number of hydrogen-bond acceptors (Lipinski definition) is 7. The van der Waals surface area contributed by atoms with Gasteiger partial charge < -0.3 is 20.7 Å². The average molecular weight is 295 g/mol. The molecule has 110 valence electrons. The van der Waals surface area contributed by atoms with E-state index in [2.05, 4.69) is 15.0 Å². The van der Waals surface area contributed by atoms with Gasteiger partial charge in [-0.2, -0.15) is 4.98 Å². The van der Waals surface area contributed by atoms with Crippen molar-refractivity contribution in [1.82, 2.24) is 19.5 Å². The second-order valence-corrected chi connectivity index (χ2v) is 4.51. The number of nitrogens with zero attached hydrogens (tertiary/aromatic N) is 3. The van der Waals surface area contributed by atoms with Gasteiger partial charge in [0, 0.05) is 0 Å². The van der Waals surface area contributed by atoms with Crippen LogP contribution in [0.3, 0.4) is 0 Å². The van der Waals surface area contributed by atoms with Gasteiger partial charge in [-0.05, 0) is 5.92 Å². The largest absolute Gasteiger partial charge is 0.383 e. The maximum atomic E-state index is 14.1. The van der Waals surface area contributed by atoms with Crippen molar-refractivity contribution in [1.29, 1.82) is 0 Å². The van der Waals surface area contributed by atoms with Crippen molar-refractivity contribution >= 4 is 17.1 Å². The monoisotopic (exact) mass is 295 g/mol. The van der Waals surface area contributed by atoms with Crippen molar-refractivity contribution in [3.63, 3.8) is 0 Å². The number of H-pyrrole nitrogens is 1. The molecule has 0 aliphatic carbocycles. The third-order valence-electron chi connectivity index (χ3n) is 3.21. The highest BCUT2D eigenvalue weighted by Gasteiger charge is 2.55. The zero-order valence-electron chi connectivity index (χ0n) is 10.4. The fraction of sp³-hybridized carbons (Fsp3) is 0.364. The fourth-order valence-electron chi connectivity index (χ4n) is 2.15. The van der Waals surface area contributed by atoms with Gasteiger partial charge in [0.25, 0.3) is 11.3 Å². The lowest BCUT2D eigenvalue weighted by Gasteiger charge is -2.18. The van der Waals surface area contributed by atoms with Crippen LogP contribution < -0.4 is 11.3 Å². The van der Waals surface area contributed by atoms with Crippen LogP contribution in [0.25, 0.3) is 11.2 Å². The number of nitrogens with two attached hydrogens (primary N) is 1. The van der Waals surface area contributed by atoms with Gasteiger partial charge in [-0.15, -0.1) is 6.42 Å². The lowest BCUT2D eigenvalue weighted by molar-refractivity contribution is -0.195. The van der Waals surface area contributed by atoms with Crippen molar-refractivity contribution in [2.45, 2.75) is 24.3 Å². The number of nitrogen functional groups attached to an aromatic ring is 1. The molecule has 2 aromatic heterocycles. The van der Waals surface area contributed by atoms with E-state index in [1.165, 1.54) is 0 Å². The molecule has 0 saturated carbocycles. The number of terminal acetylenes is 1. The molecule has 0 amide bonds. The van der Waals surface area contributed by atoms with Gasteiger partial charge in [-0.1, -0.05) is 0 Å². The summed E-state index contributed by atoms with van der Waals surface area (Å²) in [6.07, 6.45) is 0.607. The number of hydrogen-bond donors (Lipinski definition) is 4. The molecule has 1 fully saturated rings.